The molecule has 132 valence electrons. The number of anilines is 1. The quantitative estimate of drug-likeness (QED) is 0.714. The van der Waals surface area contributed by atoms with Gasteiger partial charge in [0.1, 0.15) is 11.5 Å². The van der Waals surface area contributed by atoms with Gasteiger partial charge in [-0.1, -0.05) is 18.2 Å². The molecule has 1 amide bonds. The van der Waals surface area contributed by atoms with E-state index in [1.807, 2.05) is 18.2 Å². The van der Waals surface area contributed by atoms with Crippen molar-refractivity contribution in [2.75, 3.05) is 5.32 Å². The van der Waals surface area contributed by atoms with Crippen molar-refractivity contribution in [1.82, 2.24) is 20.3 Å². The molecule has 0 saturated carbocycles. The lowest BCUT2D eigenvalue weighted by Gasteiger charge is -2.09. The van der Waals surface area contributed by atoms with E-state index in [2.05, 4.69) is 25.6 Å². The maximum absolute atomic E-state index is 12.9. The summed E-state index contributed by atoms with van der Waals surface area (Å²) in [4.78, 5) is 25.1. The topological polar surface area (TPSA) is 79.8 Å². The molecule has 0 bridgehead atoms. The summed E-state index contributed by atoms with van der Waals surface area (Å²) < 4.78 is 12.9. The molecule has 26 heavy (non-hydrogen) atoms. The molecule has 2 aromatic heterocycles. The normalized spacial score (nSPS) is 10.4. The van der Waals surface area contributed by atoms with Crippen LogP contribution in [0.15, 0.2) is 54.7 Å². The van der Waals surface area contributed by atoms with Gasteiger partial charge in [-0.25, -0.2) is 14.4 Å². The molecule has 0 atom stereocenters. The van der Waals surface area contributed by atoms with Crippen LogP contribution in [0.5, 0.6) is 0 Å². The first-order chi connectivity index (χ1) is 12.6. The summed E-state index contributed by atoms with van der Waals surface area (Å²) in [5.41, 5.74) is 2.59. The summed E-state index contributed by atoms with van der Waals surface area (Å²) in [6.45, 7) is 2.55. The second kappa shape index (κ2) is 8.15. The summed E-state index contributed by atoms with van der Waals surface area (Å²) >= 11 is 0. The van der Waals surface area contributed by atoms with Crippen LogP contribution in [0.25, 0.3) is 0 Å². The summed E-state index contributed by atoms with van der Waals surface area (Å²) in [5.74, 6) is -0.265. The van der Waals surface area contributed by atoms with Gasteiger partial charge in [-0.05, 0) is 42.8 Å². The Balaban J connectivity index is 1.64. The average molecular weight is 351 g/mol. The van der Waals surface area contributed by atoms with Crippen LogP contribution in [0.4, 0.5) is 10.3 Å². The van der Waals surface area contributed by atoms with Crippen LogP contribution in [-0.4, -0.2) is 20.9 Å². The largest absolute Gasteiger partial charge is 0.349 e. The van der Waals surface area contributed by atoms with E-state index in [1.165, 1.54) is 12.1 Å². The van der Waals surface area contributed by atoms with Gasteiger partial charge in [-0.15, -0.1) is 0 Å². The zero-order valence-corrected chi connectivity index (χ0v) is 14.2. The predicted octanol–water partition coefficient (Wildman–Crippen LogP) is 2.86. The summed E-state index contributed by atoms with van der Waals surface area (Å²) in [5, 5.41) is 5.84. The second-order valence-electron chi connectivity index (χ2n) is 5.70. The van der Waals surface area contributed by atoms with E-state index in [0.29, 0.717) is 24.7 Å². The minimum Gasteiger partial charge on any atom is -0.349 e. The van der Waals surface area contributed by atoms with Crippen LogP contribution in [0.3, 0.4) is 0 Å². The number of pyridine rings is 1. The van der Waals surface area contributed by atoms with Crippen molar-refractivity contribution in [3.8, 4) is 0 Å². The average Bonchev–Trinajstić information content (AvgIpc) is 2.66. The van der Waals surface area contributed by atoms with Crippen LogP contribution >= 0.6 is 0 Å². The number of hydrogen-bond donors (Lipinski definition) is 2. The number of nitrogens with zero attached hydrogens (tertiary/aromatic N) is 3. The monoisotopic (exact) mass is 351 g/mol. The highest BCUT2D eigenvalue weighted by Crippen LogP contribution is 2.08. The first kappa shape index (κ1) is 17.5. The van der Waals surface area contributed by atoms with Crippen molar-refractivity contribution in [2.45, 2.75) is 20.0 Å². The lowest BCUT2D eigenvalue weighted by atomic mass is 10.2. The highest BCUT2D eigenvalue weighted by molar-refractivity contribution is 5.92. The molecule has 0 unspecified atom stereocenters. The fourth-order valence-electron chi connectivity index (χ4n) is 2.31. The van der Waals surface area contributed by atoms with Crippen molar-refractivity contribution in [2.24, 2.45) is 0 Å². The standard InChI is InChI=1S/C19H18FN5O/c1-13-10-17(18(26)22-11-14-5-7-15(20)8-6-14)25-19(24-13)23-12-16-4-2-3-9-21-16/h2-10H,11-12H2,1H3,(H,22,26)(H,23,24,25). The summed E-state index contributed by atoms with van der Waals surface area (Å²) in [6, 6.07) is 13.2. The minimum absolute atomic E-state index is 0.267. The van der Waals surface area contributed by atoms with E-state index in [4.69, 9.17) is 0 Å². The van der Waals surface area contributed by atoms with Gasteiger partial charge in [0.15, 0.2) is 0 Å². The molecule has 0 fully saturated rings. The Morgan fingerprint density at radius 2 is 1.88 bits per heavy atom. The van der Waals surface area contributed by atoms with Gasteiger partial charge in [0, 0.05) is 18.4 Å². The molecular weight excluding hydrogens is 333 g/mol. The van der Waals surface area contributed by atoms with Gasteiger partial charge < -0.3 is 10.6 Å². The smallest absolute Gasteiger partial charge is 0.270 e. The molecule has 0 saturated heterocycles. The van der Waals surface area contributed by atoms with Crippen LogP contribution in [-0.2, 0) is 13.1 Å². The first-order valence-corrected chi connectivity index (χ1v) is 8.12. The molecule has 0 aliphatic rings. The Morgan fingerprint density at radius 1 is 1.08 bits per heavy atom. The van der Waals surface area contributed by atoms with Crippen molar-refractivity contribution < 1.29 is 9.18 Å². The van der Waals surface area contributed by atoms with Gasteiger partial charge in [0.2, 0.25) is 5.95 Å². The molecule has 0 spiro atoms. The third kappa shape index (κ3) is 4.83. The van der Waals surface area contributed by atoms with Gasteiger partial charge in [0.25, 0.3) is 5.91 Å². The second-order valence-corrected chi connectivity index (χ2v) is 5.70. The molecule has 6 nitrogen and oxygen atoms in total. The van der Waals surface area contributed by atoms with Crippen molar-refractivity contribution in [3.05, 3.63) is 83.2 Å². The number of amides is 1. The number of benzene rings is 1. The number of rotatable bonds is 6. The Labute approximate surface area is 150 Å². The Bertz CT molecular complexity index is 884. The summed E-state index contributed by atoms with van der Waals surface area (Å²) in [7, 11) is 0. The third-order valence-electron chi connectivity index (χ3n) is 3.61. The van der Waals surface area contributed by atoms with Crippen molar-refractivity contribution >= 4 is 11.9 Å². The Morgan fingerprint density at radius 3 is 2.62 bits per heavy atom. The van der Waals surface area contributed by atoms with E-state index in [9.17, 15) is 9.18 Å². The zero-order chi connectivity index (χ0) is 18.4. The lowest BCUT2D eigenvalue weighted by Crippen LogP contribution is -2.24. The van der Waals surface area contributed by atoms with Crippen LogP contribution in [0, 0.1) is 12.7 Å². The molecule has 7 heteroatoms. The molecule has 0 aliphatic carbocycles. The van der Waals surface area contributed by atoms with Crippen LogP contribution < -0.4 is 10.6 Å². The molecule has 0 radical (unpaired) electrons. The van der Waals surface area contributed by atoms with Gasteiger partial charge in [0.05, 0.1) is 12.2 Å². The fourth-order valence-corrected chi connectivity index (χ4v) is 2.31. The molecule has 1 aromatic carbocycles. The van der Waals surface area contributed by atoms with Gasteiger partial charge in [-0.3, -0.25) is 9.78 Å². The Kier molecular flexibility index (Phi) is 5.48. The van der Waals surface area contributed by atoms with Crippen LogP contribution in [0.1, 0.15) is 27.4 Å². The molecule has 2 N–H and O–H groups in total. The van der Waals surface area contributed by atoms with Crippen molar-refractivity contribution in [3.63, 3.8) is 0 Å². The molecule has 0 aliphatic heterocycles. The zero-order valence-electron chi connectivity index (χ0n) is 14.2. The number of hydrogen-bond acceptors (Lipinski definition) is 5. The SMILES string of the molecule is Cc1cc(C(=O)NCc2ccc(F)cc2)nc(NCc2ccccn2)n1. The van der Waals surface area contributed by atoms with Gasteiger partial charge >= 0.3 is 0 Å². The molecule has 2 heterocycles. The lowest BCUT2D eigenvalue weighted by molar-refractivity contribution is 0.0945. The van der Waals surface area contributed by atoms with E-state index >= 15 is 0 Å². The van der Waals surface area contributed by atoms with E-state index in [-0.39, 0.29) is 17.4 Å². The van der Waals surface area contributed by atoms with E-state index in [0.717, 1.165) is 11.3 Å². The number of halogens is 1. The van der Waals surface area contributed by atoms with Crippen LogP contribution in [0.2, 0.25) is 0 Å². The van der Waals surface area contributed by atoms with Crippen molar-refractivity contribution in [1.29, 1.82) is 0 Å². The Hall–Kier alpha value is -3.35. The highest BCUT2D eigenvalue weighted by Gasteiger charge is 2.10. The minimum atomic E-state index is -0.319. The van der Waals surface area contributed by atoms with E-state index in [1.54, 1.807) is 31.3 Å². The molecular formula is C19H18FN5O. The number of nitrogens with one attached hydrogen (secondary N) is 2. The highest BCUT2D eigenvalue weighted by atomic mass is 19.1. The van der Waals surface area contributed by atoms with E-state index < -0.39 is 0 Å². The van der Waals surface area contributed by atoms with Gasteiger partial charge in [-0.2, -0.15) is 0 Å². The molecule has 3 rings (SSSR count). The predicted molar refractivity (Wildman–Crippen MR) is 95.9 cm³/mol. The maximum atomic E-state index is 12.9. The number of aromatic nitrogens is 3. The molecule has 3 aromatic rings. The number of carbonyl (C=O) groups is 1. The number of carbonyl (C=O) groups excluding carboxylic acids is 1. The fraction of sp³-hybridized carbons (Fsp3) is 0.158. The maximum Gasteiger partial charge on any atom is 0.270 e. The first-order valence-electron chi connectivity index (χ1n) is 8.12. The summed E-state index contributed by atoms with van der Waals surface area (Å²) in [6.07, 6.45) is 1.71. The third-order valence-corrected chi connectivity index (χ3v) is 3.61. The number of aryl methyl sites for hydroxylation is 1.